The van der Waals surface area contributed by atoms with E-state index in [1.54, 1.807) is 24.3 Å². The molecule has 0 saturated carbocycles. The van der Waals surface area contributed by atoms with E-state index in [0.717, 1.165) is 0 Å². The summed E-state index contributed by atoms with van der Waals surface area (Å²) in [4.78, 5) is 22.4. The van der Waals surface area contributed by atoms with Crippen molar-refractivity contribution in [1.29, 1.82) is 0 Å². The molecular formula is C11H15N3O3. The number of ether oxygens (including phenoxy) is 1. The average Bonchev–Trinajstić information content (AvgIpc) is 2.36. The summed E-state index contributed by atoms with van der Waals surface area (Å²) in [7, 11) is 1.52. The summed E-state index contributed by atoms with van der Waals surface area (Å²) < 4.78 is 5.08. The Kier molecular flexibility index (Phi) is 4.96. The van der Waals surface area contributed by atoms with Crippen LogP contribution in [0.1, 0.15) is 12.8 Å². The predicted octanol–water partition coefficient (Wildman–Crippen LogP) is 0.404. The molecule has 4 N–H and O–H groups in total. The highest BCUT2D eigenvalue weighted by Gasteiger charge is 2.08. The van der Waals surface area contributed by atoms with E-state index >= 15 is 0 Å². The molecule has 0 aliphatic rings. The lowest BCUT2D eigenvalue weighted by Crippen LogP contribution is -2.30. The lowest BCUT2D eigenvalue weighted by atomic mass is 10.2. The van der Waals surface area contributed by atoms with Gasteiger partial charge in [0.25, 0.3) is 0 Å². The summed E-state index contributed by atoms with van der Waals surface area (Å²) in [6.45, 7) is 0. The van der Waals surface area contributed by atoms with E-state index in [-0.39, 0.29) is 24.7 Å². The lowest BCUT2D eigenvalue weighted by molar-refractivity contribution is -0.124. The summed E-state index contributed by atoms with van der Waals surface area (Å²) in [6.07, 6.45) is 0.124. The van der Waals surface area contributed by atoms with Crippen molar-refractivity contribution in [2.24, 2.45) is 5.84 Å². The van der Waals surface area contributed by atoms with E-state index in [1.165, 1.54) is 7.11 Å². The Morgan fingerprint density at radius 2 is 1.88 bits per heavy atom. The monoisotopic (exact) mass is 237 g/mol. The number of hydrazine groups is 1. The van der Waals surface area contributed by atoms with Gasteiger partial charge >= 0.3 is 0 Å². The Morgan fingerprint density at radius 3 is 2.53 bits per heavy atom. The molecule has 92 valence electrons. The first-order chi connectivity index (χ1) is 8.17. The van der Waals surface area contributed by atoms with Crippen molar-refractivity contribution < 1.29 is 14.3 Å². The third-order valence-electron chi connectivity index (χ3n) is 2.12. The van der Waals surface area contributed by atoms with Crippen molar-refractivity contribution in [3.05, 3.63) is 24.3 Å². The van der Waals surface area contributed by atoms with Crippen LogP contribution in [-0.4, -0.2) is 18.9 Å². The van der Waals surface area contributed by atoms with Crippen LogP contribution in [0.5, 0.6) is 5.75 Å². The second-order valence-corrected chi connectivity index (χ2v) is 3.32. The van der Waals surface area contributed by atoms with Gasteiger partial charge in [-0.25, -0.2) is 5.84 Å². The van der Waals surface area contributed by atoms with Gasteiger partial charge in [-0.05, 0) is 12.1 Å². The van der Waals surface area contributed by atoms with Crippen molar-refractivity contribution in [3.63, 3.8) is 0 Å². The molecule has 0 radical (unpaired) electrons. The third kappa shape index (κ3) is 4.12. The van der Waals surface area contributed by atoms with E-state index in [0.29, 0.717) is 11.4 Å². The smallest absolute Gasteiger partial charge is 0.234 e. The Bertz CT molecular complexity index is 407. The second kappa shape index (κ2) is 6.49. The Labute approximate surface area is 99.1 Å². The first-order valence-electron chi connectivity index (χ1n) is 5.09. The van der Waals surface area contributed by atoms with Crippen LogP contribution in [0.2, 0.25) is 0 Å². The van der Waals surface area contributed by atoms with Crippen LogP contribution in [0.15, 0.2) is 24.3 Å². The van der Waals surface area contributed by atoms with Gasteiger partial charge < -0.3 is 10.1 Å². The molecule has 0 bridgehead atoms. The summed E-state index contributed by atoms with van der Waals surface area (Å²) in [5.74, 6) is 4.84. The average molecular weight is 237 g/mol. The van der Waals surface area contributed by atoms with Crippen LogP contribution in [-0.2, 0) is 9.59 Å². The van der Waals surface area contributed by atoms with Crippen molar-refractivity contribution in [2.75, 3.05) is 12.4 Å². The summed E-state index contributed by atoms with van der Waals surface area (Å²) in [6, 6.07) is 7.04. The maximum Gasteiger partial charge on any atom is 0.234 e. The molecule has 0 atom stereocenters. The van der Waals surface area contributed by atoms with Gasteiger partial charge in [-0.15, -0.1) is 0 Å². The number of anilines is 1. The largest absolute Gasteiger partial charge is 0.495 e. The van der Waals surface area contributed by atoms with E-state index < -0.39 is 0 Å². The molecule has 17 heavy (non-hydrogen) atoms. The molecule has 0 aliphatic carbocycles. The number of nitrogens with one attached hydrogen (secondary N) is 2. The number of hydrogen-bond acceptors (Lipinski definition) is 4. The van der Waals surface area contributed by atoms with Crippen LogP contribution in [0.3, 0.4) is 0 Å². The predicted molar refractivity (Wildman–Crippen MR) is 63.2 cm³/mol. The minimum atomic E-state index is -0.375. The molecule has 0 fully saturated rings. The van der Waals surface area contributed by atoms with Gasteiger partial charge in [0.2, 0.25) is 11.8 Å². The summed E-state index contributed by atoms with van der Waals surface area (Å²) in [5, 5.41) is 2.66. The van der Waals surface area contributed by atoms with Crippen molar-refractivity contribution >= 4 is 17.5 Å². The standard InChI is InChI=1S/C11H15N3O3/c1-17-9-5-3-2-4-8(9)13-10(15)6-7-11(16)14-12/h2-5H,6-7,12H2,1H3,(H,13,15)(H,14,16). The third-order valence-corrected chi connectivity index (χ3v) is 2.12. The first-order valence-corrected chi connectivity index (χ1v) is 5.09. The Balaban J connectivity index is 2.53. The molecule has 0 aliphatic heterocycles. The zero-order chi connectivity index (χ0) is 12.7. The minimum Gasteiger partial charge on any atom is -0.495 e. The summed E-state index contributed by atoms with van der Waals surface area (Å²) >= 11 is 0. The van der Waals surface area contributed by atoms with Gasteiger partial charge in [0.05, 0.1) is 12.8 Å². The maximum absolute atomic E-state index is 11.5. The van der Waals surface area contributed by atoms with Crippen LogP contribution >= 0.6 is 0 Å². The molecule has 0 saturated heterocycles. The van der Waals surface area contributed by atoms with Gasteiger partial charge in [-0.2, -0.15) is 0 Å². The fourth-order valence-corrected chi connectivity index (χ4v) is 1.26. The van der Waals surface area contributed by atoms with E-state index in [4.69, 9.17) is 10.6 Å². The number of rotatable bonds is 5. The van der Waals surface area contributed by atoms with Crippen molar-refractivity contribution in [2.45, 2.75) is 12.8 Å². The van der Waals surface area contributed by atoms with Crippen LogP contribution in [0.4, 0.5) is 5.69 Å². The van der Waals surface area contributed by atoms with Gasteiger partial charge in [-0.3, -0.25) is 15.0 Å². The van der Waals surface area contributed by atoms with Crippen LogP contribution in [0, 0.1) is 0 Å². The molecule has 0 unspecified atom stereocenters. The molecule has 0 heterocycles. The molecule has 1 aromatic rings. The Morgan fingerprint density at radius 1 is 1.24 bits per heavy atom. The van der Waals surface area contributed by atoms with Gasteiger partial charge in [0.15, 0.2) is 0 Å². The first kappa shape index (κ1) is 13.0. The van der Waals surface area contributed by atoms with E-state index in [1.807, 2.05) is 5.43 Å². The SMILES string of the molecule is COc1ccccc1NC(=O)CCC(=O)NN. The van der Waals surface area contributed by atoms with Gasteiger partial charge in [0.1, 0.15) is 5.75 Å². The molecular weight excluding hydrogens is 222 g/mol. The highest BCUT2D eigenvalue weighted by molar-refractivity contribution is 5.94. The Hall–Kier alpha value is -2.08. The summed E-state index contributed by atoms with van der Waals surface area (Å²) in [5.41, 5.74) is 2.54. The second-order valence-electron chi connectivity index (χ2n) is 3.32. The molecule has 6 heteroatoms. The van der Waals surface area contributed by atoms with Crippen LogP contribution < -0.4 is 21.3 Å². The van der Waals surface area contributed by atoms with E-state index in [2.05, 4.69) is 5.32 Å². The fourth-order valence-electron chi connectivity index (χ4n) is 1.26. The van der Waals surface area contributed by atoms with Crippen molar-refractivity contribution in [1.82, 2.24) is 5.43 Å². The molecule has 2 amide bonds. The number of amides is 2. The fraction of sp³-hybridized carbons (Fsp3) is 0.273. The number of carbonyl (C=O) groups excluding carboxylic acids is 2. The number of benzene rings is 1. The maximum atomic E-state index is 11.5. The number of hydrogen-bond donors (Lipinski definition) is 3. The molecule has 6 nitrogen and oxygen atoms in total. The molecule has 1 aromatic carbocycles. The molecule has 0 spiro atoms. The lowest BCUT2D eigenvalue weighted by Gasteiger charge is -2.09. The minimum absolute atomic E-state index is 0.0531. The number of para-hydroxylation sites is 2. The van der Waals surface area contributed by atoms with E-state index in [9.17, 15) is 9.59 Å². The van der Waals surface area contributed by atoms with Gasteiger partial charge in [-0.1, -0.05) is 12.1 Å². The molecule has 1 rings (SSSR count). The van der Waals surface area contributed by atoms with Gasteiger partial charge in [0, 0.05) is 12.8 Å². The van der Waals surface area contributed by atoms with Crippen molar-refractivity contribution in [3.8, 4) is 5.75 Å². The number of nitrogens with two attached hydrogens (primary N) is 1. The topological polar surface area (TPSA) is 93.4 Å². The quantitative estimate of drug-likeness (QED) is 0.392. The number of carbonyl (C=O) groups is 2. The number of methoxy groups -OCH3 is 1. The molecule has 0 aromatic heterocycles. The zero-order valence-corrected chi connectivity index (χ0v) is 9.53. The highest BCUT2D eigenvalue weighted by atomic mass is 16.5. The van der Waals surface area contributed by atoms with Crippen LogP contribution in [0.25, 0.3) is 0 Å². The zero-order valence-electron chi connectivity index (χ0n) is 9.53. The normalized spacial score (nSPS) is 9.53. The highest BCUT2D eigenvalue weighted by Crippen LogP contribution is 2.23.